The molecule has 0 radical (unpaired) electrons. The molecule has 1 aromatic carbocycles. The van der Waals surface area contributed by atoms with Crippen molar-refractivity contribution in [2.45, 2.75) is 48.2 Å². The first-order valence-electron chi connectivity index (χ1n) is 9.86. The molecule has 0 bridgehead atoms. The number of quaternary nitrogens is 1. The van der Waals surface area contributed by atoms with Crippen molar-refractivity contribution < 1.29 is 19.2 Å². The number of piperidine rings is 2. The highest BCUT2D eigenvalue weighted by Crippen LogP contribution is 2.32. The van der Waals surface area contributed by atoms with Gasteiger partial charge in [-0.15, -0.1) is 0 Å². The molecule has 2 N–H and O–H groups in total. The standard InChI is InChI=1S/C20H27Cl3N2O3/c1-27-16-9-7-14(8-10-16)18(26)24-19(20(21,22)23)28-13-15-5-4-12-25-11-3-2-6-17(15)25/h7-10,15,17,19H,2-6,11-13H2,1H3,(H,24,26)/p+1/t15-,17-,19+/m1/s1. The molecule has 1 aromatic rings. The fourth-order valence-electron chi connectivity index (χ4n) is 4.36. The number of hydrogen-bond acceptors (Lipinski definition) is 3. The molecule has 0 aliphatic carbocycles. The van der Waals surface area contributed by atoms with Gasteiger partial charge >= 0.3 is 0 Å². The molecule has 2 heterocycles. The lowest BCUT2D eigenvalue weighted by atomic mass is 9.84. The Morgan fingerprint density at radius 1 is 1.18 bits per heavy atom. The highest BCUT2D eigenvalue weighted by Gasteiger charge is 2.40. The average Bonchev–Trinajstić information content (AvgIpc) is 2.70. The van der Waals surface area contributed by atoms with Crippen molar-refractivity contribution in [1.82, 2.24) is 5.32 Å². The number of fused-ring (bicyclic) bond motifs is 1. The Labute approximate surface area is 181 Å². The molecular weight excluding hydrogens is 423 g/mol. The minimum Gasteiger partial charge on any atom is -0.497 e. The van der Waals surface area contributed by atoms with Gasteiger partial charge in [-0.05, 0) is 56.4 Å². The third-order valence-electron chi connectivity index (χ3n) is 5.82. The van der Waals surface area contributed by atoms with Gasteiger partial charge in [-0.3, -0.25) is 4.79 Å². The van der Waals surface area contributed by atoms with E-state index in [2.05, 4.69) is 5.32 Å². The first-order chi connectivity index (χ1) is 13.4. The van der Waals surface area contributed by atoms with Crippen LogP contribution in [0, 0.1) is 5.92 Å². The lowest BCUT2D eigenvalue weighted by Crippen LogP contribution is -3.18. The third kappa shape index (κ3) is 5.67. The minimum atomic E-state index is -1.75. The topological polar surface area (TPSA) is 52.0 Å². The van der Waals surface area contributed by atoms with Crippen LogP contribution in [-0.2, 0) is 4.74 Å². The van der Waals surface area contributed by atoms with Crippen LogP contribution in [0.4, 0.5) is 0 Å². The second-order valence-corrected chi connectivity index (χ2v) is 9.99. The summed E-state index contributed by atoms with van der Waals surface area (Å²) in [5.74, 6) is 0.742. The zero-order valence-electron chi connectivity index (χ0n) is 16.1. The van der Waals surface area contributed by atoms with Crippen LogP contribution in [-0.4, -0.2) is 48.8 Å². The first kappa shape index (κ1) is 22.0. The van der Waals surface area contributed by atoms with Crippen molar-refractivity contribution in [3.8, 4) is 5.75 Å². The van der Waals surface area contributed by atoms with Gasteiger partial charge in [0.25, 0.3) is 5.91 Å². The summed E-state index contributed by atoms with van der Waals surface area (Å²) in [4.78, 5) is 14.2. The Morgan fingerprint density at radius 2 is 1.89 bits per heavy atom. The minimum absolute atomic E-state index is 0.354. The summed E-state index contributed by atoms with van der Waals surface area (Å²) in [5.41, 5.74) is 0.448. The smallest absolute Gasteiger partial charge is 0.253 e. The van der Waals surface area contributed by atoms with Crippen molar-refractivity contribution in [1.29, 1.82) is 0 Å². The van der Waals surface area contributed by atoms with Crippen LogP contribution < -0.4 is 15.0 Å². The lowest BCUT2D eigenvalue weighted by molar-refractivity contribution is -0.940. The van der Waals surface area contributed by atoms with Crippen LogP contribution in [0.15, 0.2) is 24.3 Å². The van der Waals surface area contributed by atoms with Crippen molar-refractivity contribution >= 4 is 40.7 Å². The second-order valence-electron chi connectivity index (χ2n) is 7.62. The van der Waals surface area contributed by atoms with Gasteiger partial charge in [-0.25, -0.2) is 0 Å². The molecule has 2 aliphatic rings. The highest BCUT2D eigenvalue weighted by atomic mass is 35.6. The number of carbonyl (C=O) groups excluding carboxylic acids is 1. The van der Waals surface area contributed by atoms with Crippen LogP contribution in [0.5, 0.6) is 5.75 Å². The van der Waals surface area contributed by atoms with E-state index in [1.54, 1.807) is 36.3 Å². The Hall–Kier alpha value is -0.720. The quantitative estimate of drug-likeness (QED) is 0.517. The van der Waals surface area contributed by atoms with Gasteiger partial charge < -0.3 is 19.7 Å². The van der Waals surface area contributed by atoms with E-state index in [0.29, 0.717) is 29.9 Å². The Kier molecular flexibility index (Phi) is 7.74. The number of benzene rings is 1. The first-order valence-corrected chi connectivity index (χ1v) is 11.0. The predicted octanol–water partition coefficient (Wildman–Crippen LogP) is 2.99. The summed E-state index contributed by atoms with van der Waals surface area (Å²) < 4.78 is 9.32. The van der Waals surface area contributed by atoms with Crippen LogP contribution in [0.1, 0.15) is 42.5 Å². The van der Waals surface area contributed by atoms with E-state index in [0.717, 1.165) is 6.42 Å². The number of halogens is 3. The third-order valence-corrected chi connectivity index (χ3v) is 6.41. The van der Waals surface area contributed by atoms with Crippen molar-refractivity contribution in [3.05, 3.63) is 29.8 Å². The Balaban J connectivity index is 1.61. The highest BCUT2D eigenvalue weighted by molar-refractivity contribution is 6.68. The second kappa shape index (κ2) is 9.86. The number of amides is 1. The largest absolute Gasteiger partial charge is 0.497 e. The zero-order chi connectivity index (χ0) is 20.1. The summed E-state index contributed by atoms with van der Waals surface area (Å²) in [5, 5.41) is 2.72. The van der Waals surface area contributed by atoms with E-state index in [1.165, 1.54) is 38.8 Å². The van der Waals surface area contributed by atoms with Crippen molar-refractivity contribution in [3.63, 3.8) is 0 Å². The molecule has 8 heteroatoms. The molecule has 0 aromatic heterocycles. The molecule has 2 aliphatic heterocycles. The van der Waals surface area contributed by atoms with Gasteiger partial charge in [-0.1, -0.05) is 34.8 Å². The molecule has 0 saturated carbocycles. The molecule has 1 amide bonds. The normalized spacial score (nSPS) is 26.2. The molecule has 5 nitrogen and oxygen atoms in total. The molecule has 156 valence electrons. The van der Waals surface area contributed by atoms with Crippen LogP contribution >= 0.6 is 34.8 Å². The average molecular weight is 451 g/mol. The Morgan fingerprint density at radius 3 is 2.57 bits per heavy atom. The summed E-state index contributed by atoms with van der Waals surface area (Å²) in [7, 11) is 1.57. The number of rotatable bonds is 6. The molecule has 4 atom stereocenters. The molecule has 28 heavy (non-hydrogen) atoms. The van der Waals surface area contributed by atoms with Gasteiger partial charge in [0.2, 0.25) is 3.79 Å². The van der Waals surface area contributed by atoms with Crippen LogP contribution in [0.3, 0.4) is 0 Å². The number of alkyl halides is 3. The summed E-state index contributed by atoms with van der Waals surface area (Å²) in [6.07, 6.45) is 5.09. The van der Waals surface area contributed by atoms with Gasteiger partial charge in [0.15, 0.2) is 6.23 Å². The van der Waals surface area contributed by atoms with E-state index in [-0.39, 0.29) is 5.91 Å². The molecule has 0 spiro atoms. The summed E-state index contributed by atoms with van der Waals surface area (Å²) >= 11 is 18.3. The Bertz CT molecular complexity index is 649. The van der Waals surface area contributed by atoms with Crippen molar-refractivity contribution in [2.75, 3.05) is 26.8 Å². The van der Waals surface area contributed by atoms with Gasteiger partial charge in [-0.2, -0.15) is 0 Å². The van der Waals surface area contributed by atoms with E-state index < -0.39 is 10.0 Å². The summed E-state index contributed by atoms with van der Waals surface area (Å²) in [6, 6.07) is 7.35. The SMILES string of the molecule is COc1ccc(C(=O)N[C@@H](OC[C@H]2CCC[NH+]3CCCC[C@H]23)C(Cl)(Cl)Cl)cc1. The molecule has 2 fully saturated rings. The predicted molar refractivity (Wildman–Crippen MR) is 112 cm³/mol. The van der Waals surface area contributed by atoms with Crippen LogP contribution in [0.25, 0.3) is 0 Å². The van der Waals surface area contributed by atoms with Crippen LogP contribution in [0.2, 0.25) is 0 Å². The molecule has 1 unspecified atom stereocenters. The molecule has 3 rings (SSSR count). The van der Waals surface area contributed by atoms with Gasteiger partial charge in [0.05, 0.1) is 32.8 Å². The van der Waals surface area contributed by atoms with E-state index in [1.807, 2.05) is 0 Å². The van der Waals surface area contributed by atoms with Gasteiger partial charge in [0, 0.05) is 11.5 Å². The zero-order valence-corrected chi connectivity index (χ0v) is 18.3. The number of nitrogens with one attached hydrogen (secondary N) is 2. The van der Waals surface area contributed by atoms with Gasteiger partial charge in [0.1, 0.15) is 5.75 Å². The summed E-state index contributed by atoms with van der Waals surface area (Å²) in [6.45, 7) is 2.96. The van der Waals surface area contributed by atoms with E-state index in [4.69, 9.17) is 44.3 Å². The van der Waals surface area contributed by atoms with E-state index >= 15 is 0 Å². The number of carbonyl (C=O) groups is 1. The molecular formula is C20H28Cl3N2O3+. The lowest BCUT2D eigenvalue weighted by Gasteiger charge is -2.41. The fourth-order valence-corrected chi connectivity index (χ4v) is 4.71. The van der Waals surface area contributed by atoms with Crippen molar-refractivity contribution in [2.24, 2.45) is 5.92 Å². The maximum absolute atomic E-state index is 12.6. The maximum atomic E-state index is 12.6. The van der Waals surface area contributed by atoms with E-state index in [9.17, 15) is 4.79 Å². The monoisotopic (exact) mass is 449 g/mol. The maximum Gasteiger partial charge on any atom is 0.253 e. The molecule has 2 saturated heterocycles. The number of methoxy groups -OCH3 is 1. The number of ether oxygens (including phenoxy) is 2. The fraction of sp³-hybridized carbons (Fsp3) is 0.650. The number of hydrogen-bond donors (Lipinski definition) is 2.